The van der Waals surface area contributed by atoms with Crippen LogP contribution in [0.4, 0.5) is 0 Å². The number of rotatable bonds is 13. The third kappa shape index (κ3) is 8.92. The molecule has 240 valence electrons. The molecule has 8 nitrogen and oxygen atoms in total. The van der Waals surface area contributed by atoms with Crippen molar-refractivity contribution in [3.8, 4) is 0 Å². The van der Waals surface area contributed by atoms with Gasteiger partial charge in [0.05, 0.1) is 17.3 Å². The average Bonchev–Trinajstić information content (AvgIpc) is 3.03. The van der Waals surface area contributed by atoms with Crippen LogP contribution in [0.5, 0.6) is 0 Å². The molecule has 2 fully saturated rings. The lowest BCUT2D eigenvalue weighted by molar-refractivity contribution is -0.200. The number of nitrogens with one attached hydrogen (secondary N) is 1. The van der Waals surface area contributed by atoms with Gasteiger partial charge in [-0.2, -0.15) is 8.42 Å². The lowest BCUT2D eigenvalue weighted by Gasteiger charge is -2.42. The minimum Gasteiger partial charge on any atom is -0.495 e. The van der Waals surface area contributed by atoms with E-state index in [2.05, 4.69) is 36.2 Å². The van der Waals surface area contributed by atoms with Crippen molar-refractivity contribution in [3.63, 3.8) is 0 Å². The summed E-state index contributed by atoms with van der Waals surface area (Å²) >= 11 is 0. The Labute approximate surface area is 259 Å². The topological polar surface area (TPSA) is 86.3 Å². The molecule has 2 aliphatic heterocycles. The number of hydrogen-bond donors (Lipinski definition) is 1. The van der Waals surface area contributed by atoms with Gasteiger partial charge in [0.1, 0.15) is 12.7 Å². The van der Waals surface area contributed by atoms with Crippen molar-refractivity contribution in [2.24, 2.45) is 5.92 Å². The van der Waals surface area contributed by atoms with Crippen LogP contribution in [0.3, 0.4) is 0 Å². The van der Waals surface area contributed by atoms with Gasteiger partial charge in [-0.25, -0.2) is 0 Å². The van der Waals surface area contributed by atoms with E-state index >= 15 is 0 Å². The van der Waals surface area contributed by atoms with Gasteiger partial charge in [0.15, 0.2) is 6.29 Å². The minimum absolute atomic E-state index is 0.122. The number of ether oxygens (including phenoxy) is 3. The molecule has 1 aromatic rings. The Morgan fingerprint density at radius 3 is 2.51 bits per heavy atom. The summed E-state index contributed by atoms with van der Waals surface area (Å²) in [5.41, 5.74) is 2.60. The zero-order valence-corrected chi connectivity index (χ0v) is 27.2. The molecule has 0 bridgehead atoms. The number of fused-ring (bicyclic) bond motifs is 1. The zero-order chi connectivity index (χ0) is 30.2. The second kappa shape index (κ2) is 15.5. The fourth-order valence-corrected chi connectivity index (χ4v) is 8.04. The second-order valence-corrected chi connectivity index (χ2v) is 14.2. The summed E-state index contributed by atoms with van der Waals surface area (Å²) < 4.78 is 49.4. The predicted octanol–water partition coefficient (Wildman–Crippen LogP) is 5.86. The van der Waals surface area contributed by atoms with Gasteiger partial charge in [0.2, 0.25) is 0 Å². The van der Waals surface area contributed by atoms with E-state index in [0.717, 1.165) is 56.5 Å². The monoisotopic (exact) mass is 616 g/mol. The lowest BCUT2D eigenvalue weighted by atomic mass is 9.77. The number of piperidine rings is 1. The molecule has 0 radical (unpaired) electrons. The molecular weight excluding hydrogens is 564 g/mol. The first kappa shape index (κ1) is 32.6. The molecule has 1 aromatic carbocycles. The predicted molar refractivity (Wildman–Crippen MR) is 168 cm³/mol. The van der Waals surface area contributed by atoms with E-state index in [4.69, 9.17) is 18.4 Å². The fraction of sp³-hybridized carbons (Fsp3) is 0.706. The van der Waals surface area contributed by atoms with Crippen molar-refractivity contribution in [2.45, 2.75) is 120 Å². The van der Waals surface area contributed by atoms with Crippen molar-refractivity contribution in [1.29, 1.82) is 0 Å². The largest absolute Gasteiger partial charge is 0.495 e. The Morgan fingerprint density at radius 1 is 1.00 bits per heavy atom. The third-order valence-electron chi connectivity index (χ3n) is 9.72. The van der Waals surface area contributed by atoms with Gasteiger partial charge >= 0.3 is 0 Å². The molecule has 0 aromatic heterocycles. The Morgan fingerprint density at radius 2 is 1.81 bits per heavy atom. The maximum atomic E-state index is 12.8. The number of hydrogen-bond acceptors (Lipinski definition) is 8. The summed E-state index contributed by atoms with van der Waals surface area (Å²) in [6.45, 7) is 9.47. The summed E-state index contributed by atoms with van der Waals surface area (Å²) in [5.74, 6) is 1.52. The number of nitrogens with zero attached hydrogens (tertiary/aromatic N) is 1. The molecule has 43 heavy (non-hydrogen) atoms. The lowest BCUT2D eigenvalue weighted by Crippen LogP contribution is -2.50. The normalized spacial score (nSPS) is 29.0. The van der Waals surface area contributed by atoms with Crippen molar-refractivity contribution in [1.82, 2.24) is 10.2 Å². The van der Waals surface area contributed by atoms with E-state index in [9.17, 15) is 8.42 Å². The van der Waals surface area contributed by atoms with E-state index in [1.165, 1.54) is 32.1 Å². The first-order valence-corrected chi connectivity index (χ1v) is 18.0. The summed E-state index contributed by atoms with van der Waals surface area (Å²) in [7, 11) is -3.90. The van der Waals surface area contributed by atoms with E-state index in [1.54, 1.807) is 29.8 Å². The molecule has 0 saturated carbocycles. The third-order valence-corrected chi connectivity index (χ3v) is 11.0. The molecule has 9 heteroatoms. The van der Waals surface area contributed by atoms with E-state index in [1.807, 2.05) is 6.92 Å². The Bertz CT molecular complexity index is 1190. The highest BCUT2D eigenvalue weighted by atomic mass is 32.2. The van der Waals surface area contributed by atoms with Crippen LogP contribution in [0.1, 0.15) is 83.6 Å². The summed E-state index contributed by atoms with van der Waals surface area (Å²) in [6, 6.07) is 8.33. The second-order valence-electron chi connectivity index (χ2n) is 12.6. The van der Waals surface area contributed by atoms with Crippen LogP contribution in [0.15, 0.2) is 52.6 Å². The first-order chi connectivity index (χ1) is 20.8. The molecule has 3 unspecified atom stereocenters. The molecule has 4 aliphatic rings. The number of allylic oxidation sites excluding steroid dienone is 1. The smallest absolute Gasteiger partial charge is 0.297 e. The van der Waals surface area contributed by atoms with Gasteiger partial charge in [-0.05, 0) is 102 Å². The summed E-state index contributed by atoms with van der Waals surface area (Å²) in [5, 5.41) is 3.98. The van der Waals surface area contributed by atoms with E-state index in [-0.39, 0.29) is 24.4 Å². The van der Waals surface area contributed by atoms with Crippen LogP contribution in [-0.2, 0) is 28.5 Å². The highest BCUT2D eigenvalue weighted by molar-refractivity contribution is 7.86. The summed E-state index contributed by atoms with van der Waals surface area (Å²) in [4.78, 5) is 2.74. The van der Waals surface area contributed by atoms with Crippen molar-refractivity contribution in [3.05, 3.63) is 53.3 Å². The molecule has 2 aliphatic carbocycles. The van der Waals surface area contributed by atoms with Crippen LogP contribution >= 0.6 is 0 Å². The minimum atomic E-state index is -3.90. The van der Waals surface area contributed by atoms with Gasteiger partial charge in [-0.1, -0.05) is 43.2 Å². The Kier molecular flexibility index (Phi) is 11.8. The molecule has 2 heterocycles. The fourth-order valence-electron chi connectivity index (χ4n) is 7.10. The van der Waals surface area contributed by atoms with Crippen LogP contribution in [0.2, 0.25) is 0 Å². The highest BCUT2D eigenvalue weighted by Crippen LogP contribution is 2.36. The molecule has 6 atom stereocenters. The van der Waals surface area contributed by atoms with Crippen molar-refractivity contribution in [2.75, 3.05) is 32.9 Å². The van der Waals surface area contributed by atoms with Gasteiger partial charge < -0.3 is 24.4 Å². The van der Waals surface area contributed by atoms with Crippen LogP contribution < -0.4 is 5.32 Å². The average molecular weight is 617 g/mol. The standard InChI is InChI=1S/C34H52N2O6S/c1-4-36(5-2)28-14-11-26(12-15-28)32-19-13-27-22-29(16-20-33(27)35-32)40-23-30(42-34-8-6-7-21-39-34)24-41-43(37,38)31-17-9-25(3)10-18-31/h9-11,16-18,27-28,30,32-35H,4-8,12-15,19-24H2,1-3H3/t27-,28+,30?,32?,33+,34?/m1/s1. The summed E-state index contributed by atoms with van der Waals surface area (Å²) in [6.07, 6.45) is 14.5. The molecule has 2 saturated heterocycles. The Hall–Kier alpha value is -1.75. The number of benzene rings is 1. The van der Waals surface area contributed by atoms with E-state index < -0.39 is 16.2 Å². The Balaban J connectivity index is 1.14. The maximum Gasteiger partial charge on any atom is 0.297 e. The quantitative estimate of drug-likeness (QED) is 0.218. The van der Waals surface area contributed by atoms with Gasteiger partial charge in [-0.3, -0.25) is 4.18 Å². The first-order valence-electron chi connectivity index (χ1n) is 16.6. The van der Waals surface area contributed by atoms with Gasteiger partial charge in [-0.15, -0.1) is 0 Å². The maximum absolute atomic E-state index is 12.8. The number of aryl methyl sites for hydroxylation is 1. The highest BCUT2D eigenvalue weighted by Gasteiger charge is 2.35. The van der Waals surface area contributed by atoms with Crippen molar-refractivity contribution >= 4 is 10.1 Å². The SMILES string of the molecule is CCN(CC)[C@H]1CC=C(C2CC[C@@H]3CC(OCC(COS(=O)(=O)c4ccc(C)cc4)OC4CCCCO4)=CC[C@@H]3N2)CC1. The zero-order valence-electron chi connectivity index (χ0n) is 26.3. The van der Waals surface area contributed by atoms with Gasteiger partial charge in [0, 0.05) is 31.2 Å². The van der Waals surface area contributed by atoms with Crippen LogP contribution in [0, 0.1) is 12.8 Å². The molecule has 1 N–H and O–H groups in total. The molecule has 0 amide bonds. The molecular formula is C34H52N2O6S. The van der Waals surface area contributed by atoms with E-state index in [0.29, 0.717) is 30.7 Å². The van der Waals surface area contributed by atoms with Crippen LogP contribution in [-0.4, -0.2) is 76.7 Å². The van der Waals surface area contributed by atoms with Gasteiger partial charge in [0.25, 0.3) is 10.1 Å². The van der Waals surface area contributed by atoms with Crippen LogP contribution in [0.25, 0.3) is 0 Å². The molecule has 0 spiro atoms. The van der Waals surface area contributed by atoms with Crippen molar-refractivity contribution < 1.29 is 26.8 Å². The molecule has 5 rings (SSSR count).